The van der Waals surface area contributed by atoms with Gasteiger partial charge in [-0.2, -0.15) is 0 Å². The first kappa shape index (κ1) is 15.1. The van der Waals surface area contributed by atoms with Crippen molar-refractivity contribution < 1.29 is 19.7 Å². The van der Waals surface area contributed by atoms with Gasteiger partial charge in [-0.25, -0.2) is 0 Å². The van der Waals surface area contributed by atoms with Crippen molar-refractivity contribution in [2.75, 3.05) is 12.3 Å². The highest BCUT2D eigenvalue weighted by molar-refractivity contribution is 5.83. The maximum atomic E-state index is 11.4. The van der Waals surface area contributed by atoms with Crippen LogP contribution in [0.1, 0.15) is 25.0 Å². The highest BCUT2D eigenvalue weighted by Crippen LogP contribution is 2.30. The van der Waals surface area contributed by atoms with Gasteiger partial charge in [0.25, 0.3) is 0 Å². The van der Waals surface area contributed by atoms with Crippen molar-refractivity contribution in [1.82, 2.24) is 9.97 Å². The van der Waals surface area contributed by atoms with Crippen LogP contribution in [0.4, 0.5) is 5.69 Å². The minimum Gasteiger partial charge on any atom is -0.466 e. The van der Waals surface area contributed by atoms with E-state index in [9.17, 15) is 15.0 Å². The van der Waals surface area contributed by atoms with E-state index >= 15 is 0 Å². The number of fused-ring (bicyclic) bond motifs is 1. The Kier molecular flexibility index (Phi) is 4.66. The standard InChI is InChI=1S/C14H17N3O4/c1-2-21-11(19)7-10(18)14(20)12-8(15)3-4-9-13(12)17-6-5-16-9/h3-6,10,14,18,20H,2,7,15H2,1H3. The summed E-state index contributed by atoms with van der Waals surface area (Å²) in [5.74, 6) is -0.589. The lowest BCUT2D eigenvalue weighted by atomic mass is 9.98. The average molecular weight is 291 g/mol. The second kappa shape index (κ2) is 6.47. The second-order valence-electron chi connectivity index (χ2n) is 4.51. The van der Waals surface area contributed by atoms with Gasteiger partial charge < -0.3 is 20.7 Å². The molecule has 0 bridgehead atoms. The van der Waals surface area contributed by atoms with Gasteiger partial charge in [-0.05, 0) is 19.1 Å². The van der Waals surface area contributed by atoms with Crippen LogP contribution in [0.15, 0.2) is 24.5 Å². The highest BCUT2D eigenvalue weighted by atomic mass is 16.5. The minimum absolute atomic E-state index is 0.212. The van der Waals surface area contributed by atoms with Gasteiger partial charge in [0.05, 0.1) is 30.2 Å². The van der Waals surface area contributed by atoms with Crippen molar-refractivity contribution in [3.63, 3.8) is 0 Å². The normalized spacial score (nSPS) is 13.9. The van der Waals surface area contributed by atoms with E-state index in [0.717, 1.165) is 0 Å². The number of nitrogen functional groups attached to an aromatic ring is 1. The van der Waals surface area contributed by atoms with Crippen molar-refractivity contribution in [2.24, 2.45) is 0 Å². The molecule has 0 spiro atoms. The zero-order valence-electron chi connectivity index (χ0n) is 11.6. The average Bonchev–Trinajstić information content (AvgIpc) is 2.46. The number of hydrogen-bond acceptors (Lipinski definition) is 7. The summed E-state index contributed by atoms with van der Waals surface area (Å²) >= 11 is 0. The molecule has 7 heteroatoms. The number of ether oxygens (including phenoxy) is 1. The molecule has 1 heterocycles. The first-order valence-electron chi connectivity index (χ1n) is 6.55. The Balaban J connectivity index is 2.32. The van der Waals surface area contributed by atoms with Gasteiger partial charge in [-0.3, -0.25) is 14.8 Å². The number of rotatable bonds is 5. The molecule has 0 amide bonds. The van der Waals surface area contributed by atoms with Crippen LogP contribution in [0.3, 0.4) is 0 Å². The zero-order chi connectivity index (χ0) is 15.4. The third kappa shape index (κ3) is 3.26. The Bertz CT molecular complexity index is 647. The first-order valence-corrected chi connectivity index (χ1v) is 6.55. The number of nitrogens with two attached hydrogens (primary N) is 1. The van der Waals surface area contributed by atoms with Crippen LogP contribution in [0.5, 0.6) is 0 Å². The van der Waals surface area contributed by atoms with Crippen molar-refractivity contribution in [1.29, 1.82) is 0 Å². The summed E-state index contributed by atoms with van der Waals surface area (Å²) in [5.41, 5.74) is 7.34. The van der Waals surface area contributed by atoms with Crippen molar-refractivity contribution >= 4 is 22.7 Å². The maximum absolute atomic E-state index is 11.4. The van der Waals surface area contributed by atoms with E-state index in [0.29, 0.717) is 11.0 Å². The Labute approximate surface area is 121 Å². The van der Waals surface area contributed by atoms with Crippen molar-refractivity contribution in [3.05, 3.63) is 30.1 Å². The molecule has 2 unspecified atom stereocenters. The molecule has 0 saturated carbocycles. The Morgan fingerprint density at radius 1 is 1.33 bits per heavy atom. The number of benzene rings is 1. The molecular weight excluding hydrogens is 274 g/mol. The lowest BCUT2D eigenvalue weighted by molar-refractivity contribution is -0.147. The number of esters is 1. The molecule has 0 saturated heterocycles. The zero-order valence-corrected chi connectivity index (χ0v) is 11.6. The predicted octanol–water partition coefficient (Wildman–Crippen LogP) is 0.559. The summed E-state index contributed by atoms with van der Waals surface area (Å²) in [6.07, 6.45) is -0.0290. The van der Waals surface area contributed by atoms with Gasteiger partial charge in [0.2, 0.25) is 0 Å². The molecule has 1 aromatic heterocycles. The van der Waals surface area contributed by atoms with Crippen molar-refractivity contribution in [3.8, 4) is 0 Å². The highest BCUT2D eigenvalue weighted by Gasteiger charge is 2.26. The van der Waals surface area contributed by atoms with E-state index < -0.39 is 18.2 Å². The number of carbonyl (C=O) groups excluding carboxylic acids is 1. The number of aliphatic hydroxyl groups is 2. The van der Waals surface area contributed by atoms with E-state index in [-0.39, 0.29) is 24.3 Å². The summed E-state index contributed by atoms with van der Waals surface area (Å²) in [7, 11) is 0. The fraction of sp³-hybridized carbons (Fsp3) is 0.357. The van der Waals surface area contributed by atoms with E-state index in [1.807, 2.05) is 0 Å². The van der Waals surface area contributed by atoms with Gasteiger partial charge in [-0.15, -0.1) is 0 Å². The maximum Gasteiger partial charge on any atom is 0.308 e. The molecule has 0 radical (unpaired) electrons. The Morgan fingerprint density at radius 3 is 2.76 bits per heavy atom. The molecule has 2 aromatic rings. The molecule has 0 aliphatic heterocycles. The van der Waals surface area contributed by atoms with Crippen LogP contribution in [0.25, 0.3) is 11.0 Å². The lowest BCUT2D eigenvalue weighted by Gasteiger charge is -2.20. The van der Waals surface area contributed by atoms with E-state index in [1.165, 1.54) is 12.4 Å². The fourth-order valence-corrected chi connectivity index (χ4v) is 2.08. The molecule has 112 valence electrons. The van der Waals surface area contributed by atoms with Gasteiger partial charge in [0.1, 0.15) is 6.10 Å². The SMILES string of the molecule is CCOC(=O)CC(O)C(O)c1c(N)ccc2nccnc12. The van der Waals surface area contributed by atoms with Crippen LogP contribution in [0, 0.1) is 0 Å². The van der Waals surface area contributed by atoms with E-state index in [4.69, 9.17) is 10.5 Å². The van der Waals surface area contributed by atoms with Gasteiger partial charge in [-0.1, -0.05) is 0 Å². The number of anilines is 1. The fourth-order valence-electron chi connectivity index (χ4n) is 2.08. The van der Waals surface area contributed by atoms with Crippen LogP contribution >= 0.6 is 0 Å². The molecule has 21 heavy (non-hydrogen) atoms. The molecule has 0 aliphatic carbocycles. The van der Waals surface area contributed by atoms with Gasteiger partial charge >= 0.3 is 5.97 Å². The van der Waals surface area contributed by atoms with Crippen LogP contribution in [0.2, 0.25) is 0 Å². The van der Waals surface area contributed by atoms with Crippen molar-refractivity contribution in [2.45, 2.75) is 25.6 Å². The summed E-state index contributed by atoms with van der Waals surface area (Å²) in [6, 6.07) is 3.25. The van der Waals surface area contributed by atoms with E-state index in [2.05, 4.69) is 9.97 Å². The third-order valence-electron chi connectivity index (χ3n) is 3.05. The quantitative estimate of drug-likeness (QED) is 0.544. The monoisotopic (exact) mass is 291 g/mol. The van der Waals surface area contributed by atoms with E-state index in [1.54, 1.807) is 19.1 Å². The van der Waals surface area contributed by atoms with Crippen LogP contribution in [-0.2, 0) is 9.53 Å². The molecule has 2 rings (SSSR count). The topological polar surface area (TPSA) is 119 Å². The first-order chi connectivity index (χ1) is 10.0. The Hall–Kier alpha value is -2.25. The largest absolute Gasteiger partial charge is 0.466 e. The molecule has 0 fully saturated rings. The summed E-state index contributed by atoms with van der Waals surface area (Å²) in [6.45, 7) is 1.88. The minimum atomic E-state index is -1.35. The summed E-state index contributed by atoms with van der Waals surface area (Å²) < 4.78 is 4.75. The van der Waals surface area contributed by atoms with Gasteiger partial charge in [0.15, 0.2) is 0 Å². The third-order valence-corrected chi connectivity index (χ3v) is 3.05. The smallest absolute Gasteiger partial charge is 0.308 e. The molecular formula is C14H17N3O4. The number of carbonyl (C=O) groups is 1. The van der Waals surface area contributed by atoms with Gasteiger partial charge in [0, 0.05) is 23.6 Å². The number of aliphatic hydroxyl groups excluding tert-OH is 2. The molecule has 7 nitrogen and oxygen atoms in total. The number of nitrogens with zero attached hydrogens (tertiary/aromatic N) is 2. The molecule has 2 atom stereocenters. The lowest BCUT2D eigenvalue weighted by Crippen LogP contribution is -2.24. The molecule has 0 aliphatic rings. The second-order valence-corrected chi connectivity index (χ2v) is 4.51. The number of aromatic nitrogens is 2. The van der Waals surface area contributed by atoms with Crippen LogP contribution < -0.4 is 5.73 Å². The predicted molar refractivity (Wildman–Crippen MR) is 76.2 cm³/mol. The summed E-state index contributed by atoms with van der Waals surface area (Å²) in [5, 5.41) is 20.3. The molecule has 4 N–H and O–H groups in total. The number of hydrogen-bond donors (Lipinski definition) is 3. The molecule has 1 aromatic carbocycles. The summed E-state index contributed by atoms with van der Waals surface area (Å²) in [4.78, 5) is 19.6. The Morgan fingerprint density at radius 2 is 2.05 bits per heavy atom. The van der Waals surface area contributed by atoms with Crippen LogP contribution in [-0.4, -0.2) is 38.9 Å².